The van der Waals surface area contributed by atoms with E-state index in [9.17, 15) is 8.42 Å². The summed E-state index contributed by atoms with van der Waals surface area (Å²) in [6, 6.07) is 11.0. The van der Waals surface area contributed by atoms with Crippen molar-refractivity contribution < 1.29 is 46.7 Å². The van der Waals surface area contributed by atoms with E-state index in [1.807, 2.05) is 6.92 Å². The molecule has 6 nitrogen and oxygen atoms in total. The maximum absolute atomic E-state index is 12.4. The normalized spacial score (nSPS) is 10.7. The van der Waals surface area contributed by atoms with E-state index >= 15 is 0 Å². The minimum absolute atomic E-state index is 0. The standard InChI is InChI=1S/C17H19ClN2O4S2.HI/c1-12-9-13(23-7-4-8-25-17(19)20)11-14(10-12)24-26(21,22)16-6-3-2-5-15(16)18;/h2-3,5-6,9-11H,4,7-8H2,1H3,(H3,19,20);1H. The van der Waals surface area contributed by atoms with Gasteiger partial charge in [0.1, 0.15) is 16.4 Å². The van der Waals surface area contributed by atoms with Gasteiger partial charge in [-0.3, -0.25) is 11.1 Å². The predicted octanol–water partition coefficient (Wildman–Crippen LogP) is -1.00. The molecule has 10 heteroatoms. The van der Waals surface area contributed by atoms with Gasteiger partial charge in [0.15, 0.2) is 0 Å². The van der Waals surface area contributed by atoms with Crippen LogP contribution in [0.2, 0.25) is 5.02 Å². The Kier molecular flexibility index (Phi) is 9.71. The summed E-state index contributed by atoms with van der Waals surface area (Å²) in [5.74, 6) is 1.41. The molecule has 0 radical (unpaired) electrons. The summed E-state index contributed by atoms with van der Waals surface area (Å²) in [5.41, 5.74) is 6.18. The van der Waals surface area contributed by atoms with E-state index in [-0.39, 0.29) is 39.6 Å². The first-order valence-corrected chi connectivity index (χ1v) is 10.5. The number of benzene rings is 2. The fraction of sp³-hybridized carbons (Fsp3) is 0.235. The van der Waals surface area contributed by atoms with Crippen LogP contribution in [0.4, 0.5) is 0 Å². The fourth-order valence-electron chi connectivity index (χ4n) is 2.10. The highest BCUT2D eigenvalue weighted by atomic mass is 127. The van der Waals surface area contributed by atoms with Gasteiger partial charge in [0.2, 0.25) is 0 Å². The van der Waals surface area contributed by atoms with E-state index in [1.54, 1.807) is 24.3 Å². The molecule has 0 aromatic heterocycles. The maximum atomic E-state index is 12.4. The molecule has 0 spiro atoms. The summed E-state index contributed by atoms with van der Waals surface area (Å²) in [7, 11) is -4.04. The average molecular weight is 543 g/mol. The van der Waals surface area contributed by atoms with Gasteiger partial charge < -0.3 is 32.9 Å². The number of nitrogens with two attached hydrogens (primary N) is 2. The molecule has 2 rings (SSSR count). The third-order valence-corrected chi connectivity index (χ3v) is 5.74. The molecule has 0 heterocycles. The van der Waals surface area contributed by atoms with E-state index < -0.39 is 10.1 Å². The summed E-state index contributed by atoms with van der Waals surface area (Å²) in [4.78, 5) is -0.0849. The smallest absolute Gasteiger partial charge is 0.340 e. The van der Waals surface area contributed by atoms with E-state index in [0.29, 0.717) is 17.5 Å². The van der Waals surface area contributed by atoms with Crippen LogP contribution in [-0.2, 0) is 10.1 Å². The van der Waals surface area contributed by atoms with Gasteiger partial charge in [-0.25, -0.2) is 0 Å². The van der Waals surface area contributed by atoms with E-state index in [2.05, 4.69) is 0 Å². The summed E-state index contributed by atoms with van der Waals surface area (Å²) in [6.45, 7) is 2.27. The fourth-order valence-corrected chi connectivity index (χ4v) is 4.01. The van der Waals surface area contributed by atoms with Crippen LogP contribution in [0.1, 0.15) is 12.0 Å². The van der Waals surface area contributed by atoms with Gasteiger partial charge in [0.25, 0.3) is 5.17 Å². The Bertz CT molecular complexity index is 894. The highest BCUT2D eigenvalue weighted by Gasteiger charge is 2.20. The number of ether oxygens (including phenoxy) is 1. The van der Waals surface area contributed by atoms with Crippen LogP contribution in [-0.4, -0.2) is 25.9 Å². The molecule has 27 heavy (non-hydrogen) atoms. The molecule has 4 N–H and O–H groups in total. The predicted molar refractivity (Wildman–Crippen MR) is 104 cm³/mol. The molecular weight excluding hydrogens is 523 g/mol. The van der Waals surface area contributed by atoms with E-state index in [1.165, 1.54) is 30.0 Å². The Morgan fingerprint density at radius 2 is 1.89 bits per heavy atom. The number of hydrogen-bond acceptors (Lipinski definition) is 5. The zero-order chi connectivity index (χ0) is 19.2. The molecule has 0 atom stereocenters. The second kappa shape index (κ2) is 11.0. The maximum Gasteiger partial charge on any atom is 0.340 e. The molecule has 0 fully saturated rings. The van der Waals surface area contributed by atoms with Crippen molar-refractivity contribution in [2.24, 2.45) is 5.73 Å². The van der Waals surface area contributed by atoms with Crippen molar-refractivity contribution in [3.8, 4) is 11.5 Å². The second-order valence-corrected chi connectivity index (χ2v) is 8.49. The summed E-state index contributed by atoms with van der Waals surface area (Å²) >= 11 is 7.31. The third kappa shape index (κ3) is 7.76. The second-order valence-electron chi connectivity index (χ2n) is 5.40. The molecule has 0 unspecified atom stereocenters. The minimum atomic E-state index is -4.04. The quantitative estimate of drug-likeness (QED) is 0.146. The minimum Gasteiger partial charge on any atom is -1.00 e. The van der Waals surface area contributed by atoms with E-state index in [4.69, 9.17) is 31.7 Å². The Morgan fingerprint density at radius 3 is 2.56 bits per heavy atom. The third-order valence-electron chi connectivity index (χ3n) is 3.16. The van der Waals surface area contributed by atoms with Crippen LogP contribution < -0.4 is 44.0 Å². The molecule has 148 valence electrons. The molecule has 0 aliphatic carbocycles. The van der Waals surface area contributed by atoms with E-state index in [0.717, 1.165) is 17.7 Å². The van der Waals surface area contributed by atoms with Crippen molar-refractivity contribution in [3.63, 3.8) is 0 Å². The number of hydrogen-bond donors (Lipinski definition) is 2. The van der Waals surface area contributed by atoms with Crippen LogP contribution in [0.25, 0.3) is 0 Å². The van der Waals surface area contributed by atoms with Gasteiger partial charge in [-0.15, -0.1) is 0 Å². The zero-order valence-electron chi connectivity index (χ0n) is 14.5. The number of rotatable bonds is 8. The highest BCUT2D eigenvalue weighted by Crippen LogP contribution is 2.28. The van der Waals surface area contributed by atoms with Crippen LogP contribution in [0.15, 0.2) is 47.4 Å². The zero-order valence-corrected chi connectivity index (χ0v) is 19.1. The van der Waals surface area contributed by atoms with Gasteiger partial charge in [0.05, 0.1) is 11.6 Å². The summed E-state index contributed by atoms with van der Waals surface area (Å²) in [6.07, 6.45) is 0.741. The Hall–Kier alpha value is -1.17. The average Bonchev–Trinajstić information content (AvgIpc) is 2.53. The van der Waals surface area contributed by atoms with Crippen LogP contribution in [0, 0.1) is 6.92 Å². The number of halogens is 2. The van der Waals surface area contributed by atoms with Crippen LogP contribution in [0.5, 0.6) is 11.5 Å². The number of aryl methyl sites for hydroxylation is 1. The molecular formula is C17H20ClIN2O4S2. The molecule has 0 aliphatic heterocycles. The first kappa shape index (κ1) is 23.9. The molecule has 0 amide bonds. The number of amidine groups is 1. The van der Waals surface area contributed by atoms with Gasteiger partial charge in [0, 0.05) is 11.8 Å². The molecule has 0 aliphatic rings. The molecule has 0 saturated heterocycles. The Labute approximate surface area is 185 Å². The van der Waals surface area contributed by atoms with Gasteiger partial charge in [-0.05, 0) is 54.9 Å². The number of thioether (sulfide) groups is 1. The Balaban J connectivity index is 0.00000364. The molecule has 2 aromatic carbocycles. The molecule has 2 aromatic rings. The molecule has 0 bridgehead atoms. The lowest BCUT2D eigenvalue weighted by atomic mass is 10.2. The van der Waals surface area contributed by atoms with Crippen molar-refractivity contribution in [2.45, 2.75) is 18.2 Å². The van der Waals surface area contributed by atoms with Crippen molar-refractivity contribution in [1.29, 1.82) is 0 Å². The highest BCUT2D eigenvalue weighted by molar-refractivity contribution is 8.13. The first-order chi connectivity index (χ1) is 12.3. The lowest BCUT2D eigenvalue weighted by molar-refractivity contribution is -0.110. The van der Waals surface area contributed by atoms with Crippen molar-refractivity contribution in [1.82, 2.24) is 0 Å². The van der Waals surface area contributed by atoms with Crippen molar-refractivity contribution >= 4 is 38.6 Å². The molecule has 0 saturated carbocycles. The monoisotopic (exact) mass is 542 g/mol. The van der Waals surface area contributed by atoms with Gasteiger partial charge in [-0.2, -0.15) is 8.42 Å². The topological polar surface area (TPSA) is 104 Å². The SMILES string of the molecule is Cc1cc(OCCCSC(N)=[NH2+])cc(OS(=O)(=O)c2ccccc2Cl)c1.[I-]. The van der Waals surface area contributed by atoms with Gasteiger partial charge in [-0.1, -0.05) is 23.7 Å². The van der Waals surface area contributed by atoms with Crippen molar-refractivity contribution in [3.05, 3.63) is 53.1 Å². The van der Waals surface area contributed by atoms with Crippen molar-refractivity contribution in [2.75, 3.05) is 12.4 Å². The van der Waals surface area contributed by atoms with Crippen LogP contribution in [0.3, 0.4) is 0 Å². The first-order valence-electron chi connectivity index (χ1n) is 7.72. The van der Waals surface area contributed by atoms with Crippen LogP contribution >= 0.6 is 23.4 Å². The summed E-state index contributed by atoms with van der Waals surface area (Å²) in [5, 5.41) is 5.80. The summed E-state index contributed by atoms with van der Waals surface area (Å²) < 4.78 is 35.7. The lowest BCUT2D eigenvalue weighted by Gasteiger charge is -2.11. The Morgan fingerprint density at radius 1 is 1.22 bits per heavy atom. The largest absolute Gasteiger partial charge is 1.00 e. The lowest BCUT2D eigenvalue weighted by Crippen LogP contribution is -3.00. The van der Waals surface area contributed by atoms with Gasteiger partial charge >= 0.3 is 10.1 Å².